The second kappa shape index (κ2) is 6.74. The second-order valence-corrected chi connectivity index (χ2v) is 6.84. The molecule has 0 radical (unpaired) electrons. The van der Waals surface area contributed by atoms with Gasteiger partial charge in [-0.2, -0.15) is 13.2 Å². The molecule has 1 aliphatic heterocycles. The van der Waals surface area contributed by atoms with Crippen LogP contribution in [0.4, 0.5) is 13.2 Å². The lowest BCUT2D eigenvalue weighted by Crippen LogP contribution is -2.37. The summed E-state index contributed by atoms with van der Waals surface area (Å²) in [5, 5.41) is 18.7. The van der Waals surface area contributed by atoms with Gasteiger partial charge in [0.05, 0.1) is 19.1 Å². The fourth-order valence-corrected chi connectivity index (χ4v) is 3.53. The van der Waals surface area contributed by atoms with Crippen LogP contribution in [0.2, 0.25) is 0 Å². The van der Waals surface area contributed by atoms with Crippen LogP contribution in [-0.4, -0.2) is 53.5 Å². The molecule has 2 rings (SSSR count). The first-order valence-corrected chi connectivity index (χ1v) is 7.86. The predicted molar refractivity (Wildman–Crippen MR) is 73.9 cm³/mol. The average molecular weight is 323 g/mol. The number of aliphatic hydroxyl groups is 2. The Morgan fingerprint density at radius 1 is 1.14 bits per heavy atom. The number of likely N-dealkylation sites (tertiary alicyclic amines) is 1. The van der Waals surface area contributed by atoms with Gasteiger partial charge in [0, 0.05) is 24.9 Å². The Balaban J connectivity index is 1.80. The molecule has 1 heterocycles. The number of nitrogens with zero attached hydrogens (tertiary/aromatic N) is 1. The van der Waals surface area contributed by atoms with Gasteiger partial charge in [-0.15, -0.1) is 0 Å². The molecule has 0 aromatic rings. The summed E-state index contributed by atoms with van der Waals surface area (Å²) in [5.41, 5.74) is -0.621. The molecule has 0 atom stereocenters. The van der Waals surface area contributed by atoms with Gasteiger partial charge in [0.15, 0.2) is 0 Å². The van der Waals surface area contributed by atoms with Gasteiger partial charge in [-0.1, -0.05) is 0 Å². The van der Waals surface area contributed by atoms with Crippen molar-refractivity contribution < 1.29 is 28.2 Å². The molecule has 2 aliphatic rings. The number of aliphatic hydroxyl groups excluding tert-OH is 2. The summed E-state index contributed by atoms with van der Waals surface area (Å²) >= 11 is 0. The lowest BCUT2D eigenvalue weighted by molar-refractivity contribution is -0.184. The van der Waals surface area contributed by atoms with Crippen LogP contribution < -0.4 is 0 Å². The van der Waals surface area contributed by atoms with E-state index in [4.69, 9.17) is 0 Å². The second-order valence-electron chi connectivity index (χ2n) is 6.84. The molecule has 0 aromatic heterocycles. The molecule has 1 saturated carbocycles. The number of alkyl halides is 3. The van der Waals surface area contributed by atoms with Crippen LogP contribution in [0.5, 0.6) is 0 Å². The van der Waals surface area contributed by atoms with Gasteiger partial charge in [0.1, 0.15) is 0 Å². The molecule has 0 unspecified atom stereocenters. The lowest BCUT2D eigenvalue weighted by atomic mass is 9.80. The highest BCUT2D eigenvalue weighted by Crippen LogP contribution is 2.40. The van der Waals surface area contributed by atoms with E-state index in [-0.39, 0.29) is 44.3 Å². The normalized spacial score (nSPS) is 28.9. The Labute approximate surface area is 128 Å². The van der Waals surface area contributed by atoms with E-state index in [1.54, 1.807) is 4.90 Å². The molecule has 1 amide bonds. The molecular weight excluding hydrogens is 299 g/mol. The van der Waals surface area contributed by atoms with E-state index < -0.39 is 17.5 Å². The molecule has 128 valence electrons. The van der Waals surface area contributed by atoms with Crippen molar-refractivity contribution in [3.63, 3.8) is 0 Å². The maximum Gasteiger partial charge on any atom is 0.391 e. The maximum atomic E-state index is 12.6. The third-order valence-electron chi connectivity index (χ3n) is 5.23. The van der Waals surface area contributed by atoms with Crippen LogP contribution in [0.15, 0.2) is 0 Å². The summed E-state index contributed by atoms with van der Waals surface area (Å²) in [6.45, 7) is 0.503. The predicted octanol–water partition coefficient (Wildman–Crippen LogP) is 1.95. The summed E-state index contributed by atoms with van der Waals surface area (Å²) < 4.78 is 37.9. The molecule has 0 aromatic carbocycles. The van der Waals surface area contributed by atoms with E-state index >= 15 is 0 Å². The van der Waals surface area contributed by atoms with Crippen LogP contribution in [0, 0.1) is 17.3 Å². The smallest absolute Gasteiger partial charge is 0.391 e. The number of carbonyl (C=O) groups is 1. The van der Waals surface area contributed by atoms with E-state index in [1.165, 1.54) is 0 Å². The SMILES string of the molecule is O=C(CC1CCC(C(F)(F)F)CC1)N1CCC(CO)(CO)C1. The van der Waals surface area contributed by atoms with Crippen LogP contribution >= 0.6 is 0 Å². The van der Waals surface area contributed by atoms with Gasteiger partial charge >= 0.3 is 6.18 Å². The molecule has 1 saturated heterocycles. The van der Waals surface area contributed by atoms with Gasteiger partial charge in [-0.25, -0.2) is 0 Å². The minimum absolute atomic E-state index is 0.0179. The monoisotopic (exact) mass is 323 g/mol. The van der Waals surface area contributed by atoms with Crippen molar-refractivity contribution in [2.24, 2.45) is 17.3 Å². The third kappa shape index (κ3) is 3.93. The van der Waals surface area contributed by atoms with Crippen molar-refractivity contribution in [2.75, 3.05) is 26.3 Å². The summed E-state index contributed by atoms with van der Waals surface area (Å²) in [5.74, 6) is -1.27. The Hall–Kier alpha value is -0.820. The fraction of sp³-hybridized carbons (Fsp3) is 0.933. The molecule has 0 bridgehead atoms. The number of hydrogen-bond acceptors (Lipinski definition) is 3. The first-order chi connectivity index (χ1) is 10.3. The van der Waals surface area contributed by atoms with E-state index in [2.05, 4.69) is 0 Å². The zero-order chi connectivity index (χ0) is 16.4. The standard InChI is InChI=1S/C15H24F3NO3/c16-15(17,18)12-3-1-11(2-4-12)7-13(22)19-6-5-14(8-19,9-20)10-21/h11-12,20-21H,1-10H2. The van der Waals surface area contributed by atoms with E-state index in [1.807, 2.05) is 0 Å². The highest BCUT2D eigenvalue weighted by atomic mass is 19.4. The zero-order valence-corrected chi connectivity index (χ0v) is 12.6. The largest absolute Gasteiger partial charge is 0.396 e. The summed E-state index contributed by atoms with van der Waals surface area (Å²) in [6.07, 6.45) is -2.18. The van der Waals surface area contributed by atoms with Crippen molar-refractivity contribution in [1.29, 1.82) is 0 Å². The molecule has 2 fully saturated rings. The summed E-state index contributed by atoms with van der Waals surface area (Å²) in [4.78, 5) is 13.9. The van der Waals surface area contributed by atoms with Gasteiger partial charge in [-0.05, 0) is 38.0 Å². The number of amides is 1. The Bertz CT molecular complexity index is 388. The Kier molecular flexibility index (Phi) is 5.37. The fourth-order valence-electron chi connectivity index (χ4n) is 3.53. The highest BCUT2D eigenvalue weighted by Gasteiger charge is 2.43. The van der Waals surface area contributed by atoms with Crippen LogP contribution in [0.25, 0.3) is 0 Å². The van der Waals surface area contributed by atoms with Crippen molar-refractivity contribution in [3.8, 4) is 0 Å². The van der Waals surface area contributed by atoms with Gasteiger partial charge in [0.25, 0.3) is 0 Å². The van der Waals surface area contributed by atoms with Gasteiger partial charge < -0.3 is 15.1 Å². The van der Waals surface area contributed by atoms with Crippen molar-refractivity contribution in [2.45, 2.75) is 44.7 Å². The first-order valence-electron chi connectivity index (χ1n) is 7.86. The minimum atomic E-state index is -4.12. The molecule has 4 nitrogen and oxygen atoms in total. The minimum Gasteiger partial charge on any atom is -0.396 e. The number of carbonyl (C=O) groups excluding carboxylic acids is 1. The molecular formula is C15H24F3NO3. The van der Waals surface area contributed by atoms with Crippen molar-refractivity contribution in [1.82, 2.24) is 4.90 Å². The molecule has 2 N–H and O–H groups in total. The third-order valence-corrected chi connectivity index (χ3v) is 5.23. The van der Waals surface area contributed by atoms with Crippen LogP contribution in [0.1, 0.15) is 38.5 Å². The lowest BCUT2D eigenvalue weighted by Gasteiger charge is -2.30. The quantitative estimate of drug-likeness (QED) is 0.831. The first kappa shape index (κ1) is 17.5. The van der Waals surface area contributed by atoms with Crippen molar-refractivity contribution in [3.05, 3.63) is 0 Å². The van der Waals surface area contributed by atoms with Gasteiger partial charge in [0.2, 0.25) is 5.91 Å². The molecule has 7 heteroatoms. The Morgan fingerprint density at radius 3 is 2.18 bits per heavy atom. The maximum absolute atomic E-state index is 12.6. The van der Waals surface area contributed by atoms with Crippen LogP contribution in [-0.2, 0) is 4.79 Å². The number of rotatable bonds is 4. The highest BCUT2D eigenvalue weighted by molar-refractivity contribution is 5.76. The molecule has 22 heavy (non-hydrogen) atoms. The Morgan fingerprint density at radius 2 is 1.73 bits per heavy atom. The summed E-state index contributed by atoms with van der Waals surface area (Å²) in [6, 6.07) is 0. The number of halogens is 3. The number of hydrogen-bond donors (Lipinski definition) is 2. The average Bonchev–Trinajstić information content (AvgIpc) is 2.92. The van der Waals surface area contributed by atoms with Crippen LogP contribution in [0.3, 0.4) is 0 Å². The topological polar surface area (TPSA) is 60.8 Å². The summed E-state index contributed by atoms with van der Waals surface area (Å²) in [7, 11) is 0. The van der Waals surface area contributed by atoms with E-state index in [9.17, 15) is 28.2 Å². The molecule has 1 aliphatic carbocycles. The zero-order valence-electron chi connectivity index (χ0n) is 12.6. The van der Waals surface area contributed by atoms with E-state index in [0.29, 0.717) is 32.4 Å². The molecule has 0 spiro atoms. The van der Waals surface area contributed by atoms with Crippen molar-refractivity contribution >= 4 is 5.91 Å². The van der Waals surface area contributed by atoms with E-state index in [0.717, 1.165) is 0 Å². The van der Waals surface area contributed by atoms with Gasteiger partial charge in [-0.3, -0.25) is 4.79 Å².